The summed E-state index contributed by atoms with van der Waals surface area (Å²) in [7, 11) is 6.75. The van der Waals surface area contributed by atoms with Crippen LogP contribution in [-0.2, 0) is 7.05 Å². The minimum Gasteiger partial charge on any atom is -0.493 e. The highest BCUT2D eigenvalue weighted by molar-refractivity contribution is 5.93. The van der Waals surface area contributed by atoms with E-state index in [1.807, 2.05) is 43.6 Å². The number of nitrogens with zero attached hydrogens (tertiary/aromatic N) is 5. The monoisotopic (exact) mass is 430 g/mol. The zero-order valence-electron chi connectivity index (χ0n) is 18.2. The molecule has 0 saturated carbocycles. The van der Waals surface area contributed by atoms with Gasteiger partial charge in [0.1, 0.15) is 0 Å². The Morgan fingerprint density at radius 1 is 0.938 bits per heavy atom. The number of methoxy groups -OCH3 is 3. The molecule has 9 heteroatoms. The average Bonchev–Trinajstić information content (AvgIpc) is 3.41. The molecule has 2 aromatic carbocycles. The fourth-order valence-electron chi connectivity index (χ4n) is 3.81. The molecular formula is C23H22N6O3. The highest BCUT2D eigenvalue weighted by atomic mass is 16.5. The Hall–Kier alpha value is -4.27. The van der Waals surface area contributed by atoms with Crippen molar-refractivity contribution in [2.75, 3.05) is 26.6 Å². The first kappa shape index (κ1) is 19.7. The zero-order valence-corrected chi connectivity index (χ0v) is 18.2. The van der Waals surface area contributed by atoms with Gasteiger partial charge in [-0.25, -0.2) is 4.98 Å². The van der Waals surface area contributed by atoms with Crippen molar-refractivity contribution in [2.45, 2.75) is 0 Å². The molecule has 0 unspecified atom stereocenters. The van der Waals surface area contributed by atoms with Crippen LogP contribution in [0.1, 0.15) is 0 Å². The van der Waals surface area contributed by atoms with Gasteiger partial charge in [0, 0.05) is 42.0 Å². The van der Waals surface area contributed by atoms with E-state index in [0.717, 1.165) is 22.2 Å². The first-order valence-electron chi connectivity index (χ1n) is 9.96. The number of hydrogen-bond acceptors (Lipinski definition) is 7. The molecule has 0 radical (unpaired) electrons. The van der Waals surface area contributed by atoms with Crippen LogP contribution in [0.2, 0.25) is 0 Å². The van der Waals surface area contributed by atoms with Crippen molar-refractivity contribution in [1.29, 1.82) is 0 Å². The van der Waals surface area contributed by atoms with Crippen LogP contribution in [-0.4, -0.2) is 45.5 Å². The molecule has 0 aliphatic heterocycles. The van der Waals surface area contributed by atoms with Gasteiger partial charge in [-0.15, -0.1) is 5.10 Å². The van der Waals surface area contributed by atoms with Crippen LogP contribution in [0.3, 0.4) is 0 Å². The minimum atomic E-state index is 0.475. The van der Waals surface area contributed by atoms with Crippen molar-refractivity contribution >= 4 is 28.2 Å². The quantitative estimate of drug-likeness (QED) is 0.435. The molecule has 0 aliphatic carbocycles. The lowest BCUT2D eigenvalue weighted by Crippen LogP contribution is -2.00. The van der Waals surface area contributed by atoms with Crippen LogP contribution in [0, 0.1) is 0 Å². The molecule has 5 aromatic rings. The Bertz CT molecular complexity index is 1410. The van der Waals surface area contributed by atoms with Crippen LogP contribution in [0.15, 0.2) is 54.9 Å². The summed E-state index contributed by atoms with van der Waals surface area (Å²) in [4.78, 5) is 9.17. The Labute approximate surface area is 184 Å². The molecule has 162 valence electrons. The number of fused-ring (bicyclic) bond motifs is 2. The fraction of sp³-hybridized carbons (Fsp3) is 0.174. The first-order valence-corrected chi connectivity index (χ1v) is 9.96. The maximum absolute atomic E-state index is 5.49. The van der Waals surface area contributed by atoms with E-state index in [1.54, 1.807) is 32.0 Å². The van der Waals surface area contributed by atoms with E-state index in [1.165, 1.54) is 0 Å². The Morgan fingerprint density at radius 3 is 2.44 bits per heavy atom. The van der Waals surface area contributed by atoms with Gasteiger partial charge >= 0.3 is 0 Å². The maximum atomic E-state index is 5.49. The van der Waals surface area contributed by atoms with Crippen molar-refractivity contribution in [3.63, 3.8) is 0 Å². The van der Waals surface area contributed by atoms with Crippen molar-refractivity contribution in [3.05, 3.63) is 54.9 Å². The maximum Gasteiger partial charge on any atom is 0.247 e. The number of aromatic nitrogens is 5. The number of aryl methyl sites for hydroxylation is 1. The van der Waals surface area contributed by atoms with Gasteiger partial charge in [0.2, 0.25) is 11.7 Å². The van der Waals surface area contributed by atoms with Gasteiger partial charge in [-0.05, 0) is 30.3 Å². The lowest BCUT2D eigenvalue weighted by atomic mass is 10.1. The second kappa shape index (κ2) is 7.77. The molecule has 0 atom stereocenters. The van der Waals surface area contributed by atoms with E-state index >= 15 is 0 Å². The van der Waals surface area contributed by atoms with Crippen molar-refractivity contribution < 1.29 is 14.2 Å². The number of rotatable bonds is 6. The summed E-state index contributed by atoms with van der Waals surface area (Å²) >= 11 is 0. The molecular weight excluding hydrogens is 408 g/mol. The summed E-state index contributed by atoms with van der Waals surface area (Å²) in [6.45, 7) is 0. The van der Waals surface area contributed by atoms with Gasteiger partial charge < -0.3 is 24.1 Å². The third-order valence-corrected chi connectivity index (χ3v) is 5.35. The number of ether oxygens (including phenoxy) is 3. The summed E-state index contributed by atoms with van der Waals surface area (Å²) in [6, 6.07) is 13.6. The standard InChI is InChI=1S/C23H22N6O3/c1-28-11-9-15-16(6-5-7-17(15)28)25-23-26-20-8-10-24-22(29(20)27-23)14-12-18(30-2)21(32-4)19(13-14)31-3/h5-13H,1-4H3,(H,25,27). The van der Waals surface area contributed by atoms with E-state index in [2.05, 4.69) is 37.1 Å². The summed E-state index contributed by atoms with van der Waals surface area (Å²) in [6.07, 6.45) is 3.73. The molecule has 1 N–H and O–H groups in total. The third kappa shape index (κ3) is 3.15. The van der Waals surface area contributed by atoms with Gasteiger partial charge in [0.15, 0.2) is 23.0 Å². The number of hydrogen-bond donors (Lipinski definition) is 1. The molecule has 5 rings (SSSR count). The number of anilines is 2. The summed E-state index contributed by atoms with van der Waals surface area (Å²) in [5, 5.41) is 9.10. The predicted molar refractivity (Wildman–Crippen MR) is 122 cm³/mol. The van der Waals surface area contributed by atoms with Crippen LogP contribution < -0.4 is 19.5 Å². The third-order valence-electron chi connectivity index (χ3n) is 5.35. The molecule has 9 nitrogen and oxygen atoms in total. The Morgan fingerprint density at radius 2 is 1.72 bits per heavy atom. The normalized spacial score (nSPS) is 11.1. The molecule has 3 heterocycles. The summed E-state index contributed by atoms with van der Waals surface area (Å²) in [5.74, 6) is 2.66. The molecule has 0 saturated heterocycles. The smallest absolute Gasteiger partial charge is 0.247 e. The van der Waals surface area contributed by atoms with Crippen LogP contribution >= 0.6 is 0 Å². The topological polar surface area (TPSA) is 87.7 Å². The first-order chi connectivity index (χ1) is 15.6. The second-order valence-corrected chi connectivity index (χ2v) is 7.18. The lowest BCUT2D eigenvalue weighted by Gasteiger charge is -2.14. The number of nitrogens with one attached hydrogen (secondary N) is 1. The predicted octanol–water partition coefficient (Wildman–Crippen LogP) is 4.05. The average molecular weight is 430 g/mol. The van der Waals surface area contributed by atoms with Gasteiger partial charge in [-0.2, -0.15) is 9.50 Å². The number of benzene rings is 2. The summed E-state index contributed by atoms with van der Waals surface area (Å²) < 4.78 is 20.2. The highest BCUT2D eigenvalue weighted by Crippen LogP contribution is 2.40. The van der Waals surface area contributed by atoms with Gasteiger partial charge in [0.05, 0.1) is 27.0 Å². The molecule has 32 heavy (non-hydrogen) atoms. The Balaban J connectivity index is 1.60. The van der Waals surface area contributed by atoms with E-state index in [0.29, 0.717) is 34.7 Å². The summed E-state index contributed by atoms with van der Waals surface area (Å²) in [5.41, 5.74) is 3.47. The van der Waals surface area contributed by atoms with Crippen molar-refractivity contribution in [3.8, 4) is 28.6 Å². The van der Waals surface area contributed by atoms with Crippen LogP contribution in [0.5, 0.6) is 17.2 Å². The van der Waals surface area contributed by atoms with E-state index in [-0.39, 0.29) is 0 Å². The minimum absolute atomic E-state index is 0.475. The van der Waals surface area contributed by atoms with Crippen molar-refractivity contribution in [1.82, 2.24) is 24.1 Å². The molecule has 0 amide bonds. The second-order valence-electron chi connectivity index (χ2n) is 7.18. The van der Waals surface area contributed by atoms with Crippen molar-refractivity contribution in [2.24, 2.45) is 7.05 Å². The highest BCUT2D eigenvalue weighted by Gasteiger charge is 2.18. The van der Waals surface area contributed by atoms with Crippen LogP contribution in [0.4, 0.5) is 11.6 Å². The molecule has 0 spiro atoms. The fourth-order valence-corrected chi connectivity index (χ4v) is 3.81. The zero-order chi connectivity index (χ0) is 22.2. The van der Waals surface area contributed by atoms with E-state index < -0.39 is 0 Å². The largest absolute Gasteiger partial charge is 0.493 e. The molecule has 0 aliphatic rings. The van der Waals surface area contributed by atoms with E-state index in [4.69, 9.17) is 14.2 Å². The SMILES string of the molecule is COc1cc(-c2nccc3nc(Nc4cccc5c4ccn5C)nn23)cc(OC)c1OC. The van der Waals surface area contributed by atoms with Gasteiger partial charge in [0.25, 0.3) is 0 Å². The Kier molecular flexibility index (Phi) is 4.78. The molecule has 0 bridgehead atoms. The van der Waals surface area contributed by atoms with Crippen LogP contribution in [0.25, 0.3) is 27.9 Å². The van der Waals surface area contributed by atoms with Gasteiger partial charge in [-0.3, -0.25) is 0 Å². The lowest BCUT2D eigenvalue weighted by molar-refractivity contribution is 0.324. The van der Waals surface area contributed by atoms with E-state index in [9.17, 15) is 0 Å². The molecule has 3 aromatic heterocycles. The molecule has 0 fully saturated rings. The van der Waals surface area contributed by atoms with Gasteiger partial charge in [-0.1, -0.05) is 6.07 Å².